The van der Waals surface area contributed by atoms with Crippen molar-refractivity contribution in [2.45, 2.75) is 6.61 Å². The second-order valence-corrected chi connectivity index (χ2v) is 7.13. The molecule has 0 heterocycles. The van der Waals surface area contributed by atoms with Gasteiger partial charge in [0.2, 0.25) is 0 Å². The number of halogens is 1. The SMILES string of the molecule is O=[N+]([O-])c1ccc(-c2ccc(Cl)cc2)c(COc2ccc(-c3[c]cccc3)cc2)c1. The first kappa shape index (κ1) is 19.7. The summed E-state index contributed by atoms with van der Waals surface area (Å²) in [5.74, 6) is 0.684. The summed E-state index contributed by atoms with van der Waals surface area (Å²) < 4.78 is 5.94. The van der Waals surface area contributed by atoms with Crippen LogP contribution in [-0.2, 0) is 6.61 Å². The van der Waals surface area contributed by atoms with Crippen LogP contribution in [0.4, 0.5) is 5.69 Å². The molecule has 0 saturated heterocycles. The molecule has 0 atom stereocenters. The van der Waals surface area contributed by atoms with E-state index in [2.05, 4.69) is 6.07 Å². The van der Waals surface area contributed by atoms with Crippen molar-refractivity contribution in [2.75, 3.05) is 0 Å². The third-order valence-corrected chi connectivity index (χ3v) is 4.98. The molecule has 4 aromatic carbocycles. The molecule has 0 bridgehead atoms. The Morgan fingerprint density at radius 3 is 2.30 bits per heavy atom. The number of rotatable bonds is 6. The Hall–Kier alpha value is -3.63. The van der Waals surface area contributed by atoms with E-state index < -0.39 is 4.92 Å². The molecule has 4 nitrogen and oxygen atoms in total. The first-order valence-electron chi connectivity index (χ1n) is 9.33. The Balaban J connectivity index is 1.58. The van der Waals surface area contributed by atoms with Gasteiger partial charge < -0.3 is 4.74 Å². The highest BCUT2D eigenvalue weighted by molar-refractivity contribution is 6.30. The first-order chi connectivity index (χ1) is 14.6. The van der Waals surface area contributed by atoms with Gasteiger partial charge in [-0.3, -0.25) is 10.1 Å². The minimum Gasteiger partial charge on any atom is -0.489 e. The highest BCUT2D eigenvalue weighted by Gasteiger charge is 2.13. The van der Waals surface area contributed by atoms with Gasteiger partial charge in [-0.05, 0) is 58.7 Å². The summed E-state index contributed by atoms with van der Waals surface area (Å²) in [5, 5.41) is 11.9. The van der Waals surface area contributed by atoms with Crippen molar-refractivity contribution in [1.82, 2.24) is 0 Å². The lowest BCUT2D eigenvalue weighted by Crippen LogP contribution is -2.00. The van der Waals surface area contributed by atoms with Gasteiger partial charge in [0.25, 0.3) is 5.69 Å². The van der Waals surface area contributed by atoms with Crippen molar-refractivity contribution in [3.8, 4) is 28.0 Å². The van der Waals surface area contributed by atoms with Crippen LogP contribution in [0.5, 0.6) is 5.75 Å². The van der Waals surface area contributed by atoms with Gasteiger partial charge in [0, 0.05) is 22.7 Å². The number of hydrogen-bond acceptors (Lipinski definition) is 3. The largest absolute Gasteiger partial charge is 0.489 e. The Labute approximate surface area is 179 Å². The fraction of sp³-hybridized carbons (Fsp3) is 0.0400. The number of hydrogen-bond donors (Lipinski definition) is 0. The van der Waals surface area contributed by atoms with E-state index in [0.717, 1.165) is 27.8 Å². The standard InChI is InChI=1S/C25H17ClNO3/c26-22-10-6-20(7-11-22)25-15-12-23(27(28)29)16-21(25)17-30-24-13-8-19(9-14-24)18-4-2-1-3-5-18/h1-4,6-16H,17H2. The summed E-state index contributed by atoms with van der Waals surface area (Å²) in [6.45, 7) is 0.205. The lowest BCUT2D eigenvalue weighted by atomic mass is 9.99. The van der Waals surface area contributed by atoms with Gasteiger partial charge in [0.05, 0.1) is 4.92 Å². The zero-order valence-corrected chi connectivity index (χ0v) is 16.7. The highest BCUT2D eigenvalue weighted by Crippen LogP contribution is 2.30. The van der Waals surface area contributed by atoms with Crippen LogP contribution in [0, 0.1) is 16.2 Å². The fourth-order valence-electron chi connectivity index (χ4n) is 3.19. The minimum atomic E-state index is -0.402. The second-order valence-electron chi connectivity index (χ2n) is 6.69. The molecule has 0 aromatic heterocycles. The van der Waals surface area contributed by atoms with Crippen molar-refractivity contribution in [1.29, 1.82) is 0 Å². The first-order valence-corrected chi connectivity index (χ1v) is 9.71. The van der Waals surface area contributed by atoms with E-state index in [9.17, 15) is 10.1 Å². The monoisotopic (exact) mass is 414 g/mol. The van der Waals surface area contributed by atoms with Crippen LogP contribution in [0.15, 0.2) is 91.0 Å². The molecule has 147 valence electrons. The van der Waals surface area contributed by atoms with E-state index in [1.807, 2.05) is 60.7 Å². The molecule has 5 heteroatoms. The molecule has 0 aliphatic carbocycles. The molecule has 0 fully saturated rings. The molecule has 4 aromatic rings. The van der Waals surface area contributed by atoms with E-state index in [1.54, 1.807) is 24.3 Å². The van der Waals surface area contributed by atoms with Crippen LogP contribution in [0.1, 0.15) is 5.56 Å². The maximum absolute atomic E-state index is 11.2. The average Bonchev–Trinajstić information content (AvgIpc) is 2.79. The molecule has 4 rings (SSSR count). The van der Waals surface area contributed by atoms with Gasteiger partial charge in [-0.15, -0.1) is 0 Å². The van der Waals surface area contributed by atoms with Gasteiger partial charge >= 0.3 is 0 Å². The number of nitro benzene ring substituents is 1. The third kappa shape index (κ3) is 4.50. The number of non-ortho nitro benzene ring substituents is 1. The Morgan fingerprint density at radius 2 is 1.63 bits per heavy atom. The van der Waals surface area contributed by atoms with E-state index in [1.165, 1.54) is 6.07 Å². The summed E-state index contributed by atoms with van der Waals surface area (Å²) >= 11 is 5.99. The number of nitrogens with zero attached hydrogens (tertiary/aromatic N) is 1. The molecule has 0 aliphatic rings. The topological polar surface area (TPSA) is 52.4 Å². The number of benzene rings is 4. The normalized spacial score (nSPS) is 10.6. The molecule has 0 unspecified atom stereocenters. The zero-order chi connectivity index (χ0) is 20.9. The van der Waals surface area contributed by atoms with Crippen LogP contribution in [0.25, 0.3) is 22.3 Å². The molecule has 0 N–H and O–H groups in total. The van der Waals surface area contributed by atoms with Crippen molar-refractivity contribution < 1.29 is 9.66 Å². The Morgan fingerprint density at radius 1 is 0.900 bits per heavy atom. The molecule has 0 spiro atoms. The summed E-state index contributed by atoms with van der Waals surface area (Å²) in [4.78, 5) is 10.8. The zero-order valence-electron chi connectivity index (χ0n) is 15.9. The van der Waals surface area contributed by atoms with Gasteiger partial charge in [-0.2, -0.15) is 0 Å². The summed E-state index contributed by atoms with van der Waals surface area (Å²) in [5.41, 5.74) is 4.59. The van der Waals surface area contributed by atoms with Crippen molar-refractivity contribution in [3.63, 3.8) is 0 Å². The van der Waals surface area contributed by atoms with Crippen LogP contribution in [0.2, 0.25) is 5.02 Å². The predicted octanol–water partition coefficient (Wildman–Crippen LogP) is 6.96. The van der Waals surface area contributed by atoms with E-state index >= 15 is 0 Å². The summed E-state index contributed by atoms with van der Waals surface area (Å²) in [6, 6.07) is 30.8. The summed E-state index contributed by atoms with van der Waals surface area (Å²) in [7, 11) is 0. The molecule has 1 radical (unpaired) electrons. The average molecular weight is 415 g/mol. The molecule has 0 saturated carbocycles. The van der Waals surface area contributed by atoms with Gasteiger partial charge in [0.1, 0.15) is 12.4 Å². The third-order valence-electron chi connectivity index (χ3n) is 4.72. The predicted molar refractivity (Wildman–Crippen MR) is 119 cm³/mol. The quantitative estimate of drug-likeness (QED) is 0.253. The molecule has 0 amide bonds. The lowest BCUT2D eigenvalue weighted by molar-refractivity contribution is -0.384. The van der Waals surface area contributed by atoms with Crippen molar-refractivity contribution in [3.05, 3.63) is 118 Å². The van der Waals surface area contributed by atoms with Gasteiger partial charge in [-0.25, -0.2) is 0 Å². The number of ether oxygens (including phenoxy) is 1. The maximum atomic E-state index is 11.2. The number of nitro groups is 1. The van der Waals surface area contributed by atoms with Crippen LogP contribution in [-0.4, -0.2) is 4.92 Å². The van der Waals surface area contributed by atoms with E-state index in [4.69, 9.17) is 16.3 Å². The van der Waals surface area contributed by atoms with Gasteiger partial charge in [0.15, 0.2) is 0 Å². The minimum absolute atomic E-state index is 0.0290. The van der Waals surface area contributed by atoms with Crippen LogP contribution >= 0.6 is 11.6 Å². The molecular formula is C25H17ClNO3. The molecular weight excluding hydrogens is 398 g/mol. The van der Waals surface area contributed by atoms with E-state index in [0.29, 0.717) is 10.8 Å². The van der Waals surface area contributed by atoms with Crippen LogP contribution < -0.4 is 4.74 Å². The van der Waals surface area contributed by atoms with E-state index in [-0.39, 0.29) is 12.3 Å². The van der Waals surface area contributed by atoms with Gasteiger partial charge in [-0.1, -0.05) is 60.1 Å². The maximum Gasteiger partial charge on any atom is 0.269 e. The van der Waals surface area contributed by atoms with Crippen molar-refractivity contribution >= 4 is 17.3 Å². The fourth-order valence-corrected chi connectivity index (χ4v) is 3.31. The van der Waals surface area contributed by atoms with Crippen molar-refractivity contribution in [2.24, 2.45) is 0 Å². The Bertz CT molecular complexity index is 1160. The highest BCUT2D eigenvalue weighted by atomic mass is 35.5. The Kier molecular flexibility index (Phi) is 5.77. The summed E-state index contributed by atoms with van der Waals surface area (Å²) in [6.07, 6.45) is 0. The van der Waals surface area contributed by atoms with Crippen LogP contribution in [0.3, 0.4) is 0 Å². The lowest BCUT2D eigenvalue weighted by Gasteiger charge is -2.12. The smallest absolute Gasteiger partial charge is 0.269 e. The second kappa shape index (κ2) is 8.80. The molecule has 0 aliphatic heterocycles. The molecule has 30 heavy (non-hydrogen) atoms.